The van der Waals surface area contributed by atoms with Crippen molar-refractivity contribution in [3.8, 4) is 112 Å². The molecule has 146 heavy (non-hydrogen) atoms. The molecule has 0 amide bonds. The lowest BCUT2D eigenvalue weighted by Crippen LogP contribution is -2.33. The maximum atomic E-state index is 2.58. The minimum Gasteiger partial charge on any atom is -0.310 e. The average molecular weight is 1850 g/mol. The molecule has 31 rings (SSSR count). The highest BCUT2D eigenvalue weighted by Crippen LogP contribution is 2.66. The monoisotopic (exact) mass is 1850 g/mol. The Hall–Kier alpha value is -19.1. The van der Waals surface area contributed by atoms with Crippen molar-refractivity contribution in [3.05, 3.63) is 578 Å². The topological polar surface area (TPSA) is 26.2 Å². The molecule has 0 radical (unpaired) electrons. The van der Waals surface area contributed by atoms with E-state index in [2.05, 4.69) is 562 Å². The minimum absolute atomic E-state index is 0.668. The summed E-state index contributed by atoms with van der Waals surface area (Å²) in [5.41, 5.74) is 47.8. The second-order valence-electron chi connectivity index (χ2n) is 39.5. The first-order valence-corrected chi connectivity index (χ1v) is 50.7. The normalized spacial score (nSPS) is 13.7. The highest BCUT2D eigenvalue weighted by Gasteiger charge is 2.54. The number of hydrogen-bond donors (Lipinski definition) is 0. The fourth-order valence-electron chi connectivity index (χ4n) is 26.3. The Bertz CT molecular complexity index is 10000. The number of aromatic nitrogens is 4. The molecule has 2 aliphatic carbocycles. The zero-order valence-electron chi connectivity index (χ0n) is 79.5. The van der Waals surface area contributed by atoms with Crippen molar-refractivity contribution >= 4 is 121 Å². The predicted molar refractivity (Wildman–Crippen MR) is 608 cm³/mol. The van der Waals surface area contributed by atoms with E-state index in [0.29, 0.717) is 0 Å². The van der Waals surface area contributed by atoms with Gasteiger partial charge in [0.25, 0.3) is 0 Å². The van der Waals surface area contributed by atoms with Crippen LogP contribution in [0.2, 0.25) is 0 Å². The van der Waals surface area contributed by atoms with Gasteiger partial charge in [-0.15, -0.1) is 0 Å². The summed E-state index contributed by atoms with van der Waals surface area (Å²) in [6, 6.07) is 201. The highest BCUT2D eigenvalue weighted by atomic mass is 15.2. The van der Waals surface area contributed by atoms with Crippen LogP contribution in [0.4, 0.5) is 34.1 Å². The third-order valence-electron chi connectivity index (χ3n) is 32.4. The molecule has 27 aromatic rings. The van der Waals surface area contributed by atoms with Crippen molar-refractivity contribution in [1.82, 2.24) is 18.3 Å². The van der Waals surface area contributed by atoms with E-state index in [0.717, 1.165) is 95.5 Å². The predicted octanol–water partition coefficient (Wildman–Crippen LogP) is 36.4. The second-order valence-corrected chi connectivity index (χ2v) is 39.5. The van der Waals surface area contributed by atoms with Crippen LogP contribution < -0.4 is 9.80 Å². The standard InChI is InChI=1S/C140H88N6/c1-3-32-89(33-4-1)91-62-66-95(67-63-91)104-36-10-22-52-126(104)141(98-75-70-93(71-76-98)94-72-77-100(78-73-94)143-128-54-24-12-41-110(128)111-42-13-25-55-129(111)143)102-85-117-113-44-15-27-57-131(113)146-134-60-30-21-51-123(134)140(125(88-102)138(117)146)120-49-19-9-40-109(120)115-84-97(74-83-121(115)140)106-46-31-61-135-136(106)114-45-16-28-58-132(114)144(135)101-81-79-99(80-82-101)142(127-53-23-11-37-105(127)96-68-64-92(65-69-96)90-34-5-2-6-35-90)103-86-116-112-43-14-26-56-130(112)145-133-59-29-20-50-122(133)139(124(87-103)137(116)145)118-47-17-7-38-107(118)108-39-8-18-48-119(108)139/h1-88H. The molecular weight excluding hydrogens is 1770 g/mol. The Morgan fingerprint density at radius 2 is 0.445 bits per heavy atom. The molecule has 678 valence electrons. The Morgan fingerprint density at radius 1 is 0.151 bits per heavy atom. The van der Waals surface area contributed by atoms with E-state index < -0.39 is 10.8 Å². The molecule has 0 saturated heterocycles. The number of benzene rings is 23. The lowest BCUT2D eigenvalue weighted by Gasteiger charge is -2.40. The molecule has 2 spiro atoms. The van der Waals surface area contributed by atoms with Crippen LogP contribution in [-0.4, -0.2) is 18.3 Å². The number of hydrogen-bond acceptors (Lipinski definition) is 2. The summed E-state index contributed by atoms with van der Waals surface area (Å²) < 4.78 is 10.0. The third kappa shape index (κ3) is 11.6. The molecule has 23 aromatic carbocycles. The quantitative estimate of drug-likeness (QED) is 0.108. The Labute approximate surface area is 844 Å². The van der Waals surface area contributed by atoms with Crippen molar-refractivity contribution in [1.29, 1.82) is 0 Å². The van der Waals surface area contributed by atoms with Gasteiger partial charge >= 0.3 is 0 Å². The summed E-state index contributed by atoms with van der Waals surface area (Å²) in [5, 5.41) is 9.68. The molecule has 0 bridgehead atoms. The van der Waals surface area contributed by atoms with Crippen LogP contribution in [0.25, 0.3) is 199 Å². The molecule has 1 atom stereocenters. The molecule has 4 aromatic heterocycles. The van der Waals surface area contributed by atoms with Gasteiger partial charge in [0.1, 0.15) is 0 Å². The Balaban J connectivity index is 0.570. The van der Waals surface area contributed by atoms with Crippen LogP contribution in [0, 0.1) is 0 Å². The van der Waals surface area contributed by atoms with Crippen molar-refractivity contribution < 1.29 is 0 Å². The van der Waals surface area contributed by atoms with E-state index in [-0.39, 0.29) is 0 Å². The SMILES string of the molecule is c1ccc(-c2ccc(-c3ccccc3N(c3ccc(-n4c5ccccc5c5c(-c6ccc7c(c6)-c6ccccc6C76c7ccccc7-n7c8ccccc8c8cc(N(c9ccc(-c%10ccc(-n%11c%12ccccc%12c%12ccccc%12%11)cc%10)cc9)c9ccccc9-c9ccc(-c%10ccccc%10)cc9)cc6c87)cccc54)cc3)c3cc4c5c(c3)c3ccccc3n5-c3ccccc3C43c4ccccc4-c4ccccc43)cc2)cc1. The third-order valence-corrected chi connectivity index (χ3v) is 32.4. The van der Waals surface area contributed by atoms with Gasteiger partial charge in [-0.05, 0) is 262 Å². The van der Waals surface area contributed by atoms with E-state index >= 15 is 0 Å². The Morgan fingerprint density at radius 3 is 0.904 bits per heavy atom. The van der Waals surface area contributed by atoms with Crippen molar-refractivity contribution in [2.75, 3.05) is 9.80 Å². The lowest BCUT2D eigenvalue weighted by atomic mass is 9.65. The van der Waals surface area contributed by atoms with Gasteiger partial charge in [-0.25, -0.2) is 0 Å². The van der Waals surface area contributed by atoms with Crippen LogP contribution >= 0.6 is 0 Å². The van der Waals surface area contributed by atoms with E-state index in [4.69, 9.17) is 0 Å². The van der Waals surface area contributed by atoms with Gasteiger partial charge in [0.2, 0.25) is 0 Å². The molecule has 2 aliphatic heterocycles. The number of rotatable bonds is 14. The van der Waals surface area contributed by atoms with Gasteiger partial charge in [0.15, 0.2) is 0 Å². The summed E-state index contributed by atoms with van der Waals surface area (Å²) in [4.78, 5) is 5.10. The molecule has 1 unspecified atom stereocenters. The largest absolute Gasteiger partial charge is 0.310 e. The van der Waals surface area contributed by atoms with Crippen LogP contribution in [0.5, 0.6) is 0 Å². The molecule has 0 saturated carbocycles. The molecule has 6 nitrogen and oxygen atoms in total. The van der Waals surface area contributed by atoms with Gasteiger partial charge in [-0.1, -0.05) is 394 Å². The Kier molecular flexibility index (Phi) is 17.7. The molecular formula is C140H88N6. The summed E-state index contributed by atoms with van der Waals surface area (Å²) in [6.45, 7) is 0. The number of nitrogens with zero attached hydrogens (tertiary/aromatic N) is 6. The zero-order chi connectivity index (χ0) is 95.6. The van der Waals surface area contributed by atoms with E-state index in [1.165, 1.54) is 182 Å². The first-order valence-electron chi connectivity index (χ1n) is 50.7. The van der Waals surface area contributed by atoms with Gasteiger partial charge in [0.05, 0.1) is 77.7 Å². The van der Waals surface area contributed by atoms with Crippen LogP contribution in [-0.2, 0) is 10.8 Å². The fourth-order valence-corrected chi connectivity index (χ4v) is 26.3. The number of para-hydroxylation sites is 9. The summed E-state index contributed by atoms with van der Waals surface area (Å²) in [5.74, 6) is 0. The van der Waals surface area contributed by atoms with Gasteiger partial charge < -0.3 is 28.1 Å². The van der Waals surface area contributed by atoms with E-state index in [9.17, 15) is 0 Å². The van der Waals surface area contributed by atoms with E-state index in [1.54, 1.807) is 0 Å². The number of anilines is 6. The molecule has 0 fully saturated rings. The summed E-state index contributed by atoms with van der Waals surface area (Å²) in [7, 11) is 0. The first kappa shape index (κ1) is 81.7. The van der Waals surface area contributed by atoms with Crippen LogP contribution in [0.15, 0.2) is 534 Å². The first-order chi connectivity index (χ1) is 72.5. The highest BCUT2D eigenvalue weighted by molar-refractivity contribution is 6.20. The lowest BCUT2D eigenvalue weighted by molar-refractivity contribution is 0.748. The smallest absolute Gasteiger partial charge is 0.0755 e. The molecule has 0 N–H and O–H groups in total. The summed E-state index contributed by atoms with van der Waals surface area (Å²) in [6.07, 6.45) is 0. The second kappa shape index (κ2) is 31.7. The number of fused-ring (bicyclic) bond motifs is 30. The van der Waals surface area contributed by atoms with Gasteiger partial charge in [0, 0.05) is 88.3 Å². The molecule has 4 aliphatic rings. The van der Waals surface area contributed by atoms with Crippen molar-refractivity contribution in [3.63, 3.8) is 0 Å². The molecule has 6 heteroatoms. The van der Waals surface area contributed by atoms with Crippen LogP contribution in [0.1, 0.15) is 44.5 Å². The average Bonchev–Trinajstić information content (AvgIpc) is 1.49. The maximum Gasteiger partial charge on any atom is 0.0755 e. The van der Waals surface area contributed by atoms with Gasteiger partial charge in [-0.2, -0.15) is 0 Å². The molecule has 6 heterocycles. The summed E-state index contributed by atoms with van der Waals surface area (Å²) >= 11 is 0. The fraction of sp³-hybridized carbons (Fsp3) is 0.0143. The van der Waals surface area contributed by atoms with Crippen molar-refractivity contribution in [2.24, 2.45) is 0 Å². The van der Waals surface area contributed by atoms with Crippen LogP contribution in [0.3, 0.4) is 0 Å². The van der Waals surface area contributed by atoms with Gasteiger partial charge in [-0.3, -0.25) is 0 Å². The van der Waals surface area contributed by atoms with Crippen molar-refractivity contribution in [2.45, 2.75) is 10.8 Å². The minimum atomic E-state index is -0.806. The van der Waals surface area contributed by atoms with E-state index in [1.807, 2.05) is 0 Å². The zero-order valence-corrected chi connectivity index (χ0v) is 79.5. The maximum absolute atomic E-state index is 2.58.